The van der Waals surface area contributed by atoms with Crippen molar-refractivity contribution in [3.63, 3.8) is 0 Å². The number of carbonyl (C=O) groups excluding carboxylic acids is 1. The second-order valence-electron chi connectivity index (χ2n) is 5.69. The summed E-state index contributed by atoms with van der Waals surface area (Å²) in [5, 5.41) is 28.3. The molecule has 0 aliphatic carbocycles. The SMILES string of the molecule is O=C(OCc1ccc([N+](=O)[O-])cc1)N1C[C@H](O)C[C@H]1CSc1nncs1. The number of nitro benzene ring substituents is 1. The molecule has 11 heteroatoms. The third kappa shape index (κ3) is 4.68. The third-order valence-electron chi connectivity index (χ3n) is 3.88. The van der Waals surface area contributed by atoms with Crippen molar-refractivity contribution in [2.75, 3.05) is 12.3 Å². The van der Waals surface area contributed by atoms with Crippen molar-refractivity contribution in [3.8, 4) is 0 Å². The number of aliphatic hydroxyl groups excluding tert-OH is 1. The van der Waals surface area contributed by atoms with Gasteiger partial charge < -0.3 is 14.7 Å². The molecule has 3 rings (SSSR count). The molecular formula is C15H16N4O5S2. The normalized spacial score (nSPS) is 19.5. The van der Waals surface area contributed by atoms with E-state index in [0.717, 1.165) is 4.34 Å². The van der Waals surface area contributed by atoms with Gasteiger partial charge in [-0.05, 0) is 24.1 Å². The Kier molecular flexibility index (Phi) is 6.01. The van der Waals surface area contributed by atoms with Gasteiger partial charge in [0.2, 0.25) is 0 Å². The first kappa shape index (κ1) is 18.5. The van der Waals surface area contributed by atoms with Crippen LogP contribution in [0.5, 0.6) is 0 Å². The van der Waals surface area contributed by atoms with Crippen molar-refractivity contribution in [2.24, 2.45) is 0 Å². The zero-order valence-corrected chi connectivity index (χ0v) is 15.2. The maximum atomic E-state index is 12.4. The Morgan fingerprint density at radius 2 is 2.23 bits per heavy atom. The molecule has 2 heterocycles. The first-order valence-electron chi connectivity index (χ1n) is 7.76. The van der Waals surface area contributed by atoms with Gasteiger partial charge in [0.15, 0.2) is 4.34 Å². The summed E-state index contributed by atoms with van der Waals surface area (Å²) < 4.78 is 6.11. The van der Waals surface area contributed by atoms with E-state index in [9.17, 15) is 20.0 Å². The van der Waals surface area contributed by atoms with Crippen LogP contribution in [-0.2, 0) is 11.3 Å². The number of thioether (sulfide) groups is 1. The van der Waals surface area contributed by atoms with Crippen molar-refractivity contribution < 1.29 is 19.6 Å². The number of non-ortho nitro benzene ring substituents is 1. The molecule has 9 nitrogen and oxygen atoms in total. The summed E-state index contributed by atoms with van der Waals surface area (Å²) in [7, 11) is 0. The third-order valence-corrected chi connectivity index (χ3v) is 5.88. The van der Waals surface area contributed by atoms with E-state index < -0.39 is 17.1 Å². The second-order valence-corrected chi connectivity index (χ2v) is 7.79. The van der Waals surface area contributed by atoms with E-state index in [2.05, 4.69) is 10.2 Å². The largest absolute Gasteiger partial charge is 0.445 e. The molecule has 1 amide bonds. The number of hydrogen-bond acceptors (Lipinski definition) is 9. The lowest BCUT2D eigenvalue weighted by Gasteiger charge is -2.23. The molecule has 0 radical (unpaired) electrons. The van der Waals surface area contributed by atoms with E-state index in [1.165, 1.54) is 40.1 Å². The van der Waals surface area contributed by atoms with Gasteiger partial charge in [-0.25, -0.2) is 4.79 Å². The van der Waals surface area contributed by atoms with Crippen molar-refractivity contribution in [1.82, 2.24) is 15.1 Å². The summed E-state index contributed by atoms with van der Waals surface area (Å²) in [6, 6.07) is 5.68. The Bertz CT molecular complexity index is 756. The Balaban J connectivity index is 1.54. The van der Waals surface area contributed by atoms with Crippen molar-refractivity contribution in [3.05, 3.63) is 45.5 Å². The lowest BCUT2D eigenvalue weighted by Crippen LogP contribution is -2.37. The van der Waals surface area contributed by atoms with E-state index in [0.29, 0.717) is 17.7 Å². The lowest BCUT2D eigenvalue weighted by molar-refractivity contribution is -0.384. The van der Waals surface area contributed by atoms with Crippen LogP contribution in [-0.4, -0.2) is 55.7 Å². The van der Waals surface area contributed by atoms with Gasteiger partial charge in [-0.1, -0.05) is 23.1 Å². The minimum atomic E-state index is -0.582. The summed E-state index contributed by atoms with van der Waals surface area (Å²) in [5.74, 6) is 0.596. The molecule has 0 spiro atoms. The summed E-state index contributed by atoms with van der Waals surface area (Å²) in [6.07, 6.45) is -0.608. The first-order valence-corrected chi connectivity index (χ1v) is 9.63. The van der Waals surface area contributed by atoms with Gasteiger partial charge in [-0.3, -0.25) is 10.1 Å². The van der Waals surface area contributed by atoms with E-state index in [4.69, 9.17) is 4.74 Å². The smallest absolute Gasteiger partial charge is 0.410 e. The number of likely N-dealkylation sites (tertiary alicyclic amines) is 1. The Morgan fingerprint density at radius 1 is 1.46 bits per heavy atom. The maximum Gasteiger partial charge on any atom is 0.410 e. The van der Waals surface area contributed by atoms with Gasteiger partial charge in [0.05, 0.1) is 17.6 Å². The number of ether oxygens (including phenoxy) is 1. The predicted molar refractivity (Wildman–Crippen MR) is 95.0 cm³/mol. The molecule has 2 aromatic rings. The number of hydrogen-bond donors (Lipinski definition) is 1. The van der Waals surface area contributed by atoms with Crippen molar-refractivity contribution in [1.29, 1.82) is 0 Å². The molecule has 2 atom stereocenters. The molecule has 1 aromatic heterocycles. The molecule has 26 heavy (non-hydrogen) atoms. The van der Waals surface area contributed by atoms with Gasteiger partial charge in [-0.2, -0.15) is 0 Å². The average Bonchev–Trinajstić information content (AvgIpc) is 3.27. The highest BCUT2D eigenvalue weighted by Crippen LogP contribution is 2.27. The van der Waals surface area contributed by atoms with E-state index in [-0.39, 0.29) is 24.9 Å². The second kappa shape index (κ2) is 8.43. The van der Waals surface area contributed by atoms with E-state index in [1.807, 2.05) is 0 Å². The predicted octanol–water partition coefficient (Wildman–Crippen LogP) is 2.31. The van der Waals surface area contributed by atoms with Gasteiger partial charge >= 0.3 is 6.09 Å². The minimum Gasteiger partial charge on any atom is -0.445 e. The number of nitro groups is 1. The van der Waals surface area contributed by atoms with Crippen LogP contribution in [0.15, 0.2) is 34.1 Å². The molecule has 1 aliphatic rings. The van der Waals surface area contributed by atoms with Crippen LogP contribution >= 0.6 is 23.1 Å². The molecule has 138 valence electrons. The Hall–Kier alpha value is -2.24. The number of β-amino-alcohol motifs (C(OH)–C–C–N with tert-alkyl or cyclic N) is 1. The van der Waals surface area contributed by atoms with Gasteiger partial charge in [-0.15, -0.1) is 10.2 Å². The van der Waals surface area contributed by atoms with Crippen molar-refractivity contribution >= 4 is 34.9 Å². The fraction of sp³-hybridized carbons (Fsp3) is 0.400. The van der Waals surface area contributed by atoms with Crippen LogP contribution in [0.3, 0.4) is 0 Å². The number of rotatable bonds is 6. The van der Waals surface area contributed by atoms with Gasteiger partial charge in [0.1, 0.15) is 12.1 Å². The molecule has 1 N–H and O–H groups in total. The van der Waals surface area contributed by atoms with Crippen LogP contribution < -0.4 is 0 Å². The number of aliphatic hydroxyl groups is 1. The van der Waals surface area contributed by atoms with Crippen LogP contribution in [0.2, 0.25) is 0 Å². The summed E-state index contributed by atoms with van der Waals surface area (Å²) in [4.78, 5) is 24.0. The zero-order chi connectivity index (χ0) is 18.5. The van der Waals surface area contributed by atoms with Crippen LogP contribution in [0.1, 0.15) is 12.0 Å². The molecule has 1 fully saturated rings. The van der Waals surface area contributed by atoms with Crippen LogP contribution in [0.4, 0.5) is 10.5 Å². The molecule has 0 saturated carbocycles. The molecular weight excluding hydrogens is 380 g/mol. The summed E-state index contributed by atoms with van der Waals surface area (Å²) >= 11 is 2.91. The minimum absolute atomic E-state index is 0.0136. The molecule has 1 aromatic carbocycles. The van der Waals surface area contributed by atoms with Crippen LogP contribution in [0.25, 0.3) is 0 Å². The van der Waals surface area contributed by atoms with E-state index in [1.54, 1.807) is 17.6 Å². The number of carbonyl (C=O) groups is 1. The highest BCUT2D eigenvalue weighted by Gasteiger charge is 2.35. The standard InChI is InChI=1S/C15H16N4O5S2/c20-13-5-12(8-25-14-17-16-9-26-14)18(6-13)15(21)24-7-10-1-3-11(4-2-10)19(22)23/h1-4,9,12-13,20H,5-8H2/t12-,13+/m0/s1. The Morgan fingerprint density at radius 3 is 2.88 bits per heavy atom. The number of aromatic nitrogens is 2. The highest BCUT2D eigenvalue weighted by atomic mass is 32.2. The number of nitrogens with zero attached hydrogens (tertiary/aromatic N) is 4. The fourth-order valence-electron chi connectivity index (χ4n) is 2.61. The molecule has 0 unspecified atom stereocenters. The van der Waals surface area contributed by atoms with E-state index >= 15 is 0 Å². The monoisotopic (exact) mass is 396 g/mol. The lowest BCUT2D eigenvalue weighted by atomic mass is 10.2. The zero-order valence-electron chi connectivity index (χ0n) is 13.6. The van der Waals surface area contributed by atoms with Crippen molar-refractivity contribution in [2.45, 2.75) is 29.5 Å². The number of benzene rings is 1. The highest BCUT2D eigenvalue weighted by molar-refractivity contribution is 8.01. The van der Waals surface area contributed by atoms with Gasteiger partial charge in [0.25, 0.3) is 5.69 Å². The molecule has 1 aliphatic heterocycles. The Labute approximate surface area is 157 Å². The average molecular weight is 396 g/mol. The topological polar surface area (TPSA) is 119 Å². The summed E-state index contributed by atoms with van der Waals surface area (Å²) in [5.41, 5.74) is 2.28. The molecule has 0 bridgehead atoms. The quantitative estimate of drug-likeness (QED) is 0.449. The molecule has 1 saturated heterocycles. The maximum absolute atomic E-state index is 12.4. The van der Waals surface area contributed by atoms with Gasteiger partial charge in [0, 0.05) is 23.9 Å². The fourth-order valence-corrected chi connectivity index (χ4v) is 4.25. The van der Waals surface area contributed by atoms with Crippen LogP contribution in [0, 0.1) is 10.1 Å². The summed E-state index contributed by atoms with van der Waals surface area (Å²) in [6.45, 7) is 0.236. The number of amides is 1. The first-order chi connectivity index (χ1) is 12.5.